The predicted molar refractivity (Wildman–Crippen MR) is 39.3 cm³/mol. The molecule has 0 atom stereocenters. The van der Waals surface area contributed by atoms with Crippen LogP contribution in [0.2, 0.25) is 0 Å². The molecule has 0 aromatic heterocycles. The third-order valence-electron chi connectivity index (χ3n) is 1.18. The Bertz CT molecular complexity index is 186. The number of benzene rings is 1. The smallest absolute Gasteiger partial charge is 0.110 e. The van der Waals surface area contributed by atoms with Crippen LogP contribution in [0, 0.1) is 0 Å². The molecule has 0 aliphatic carbocycles. The average molecular weight is 154 g/mol. The van der Waals surface area contributed by atoms with Crippen LogP contribution in [0.4, 0.5) is 0 Å². The summed E-state index contributed by atoms with van der Waals surface area (Å²) in [5.74, 6) is 0. The monoisotopic (exact) mass is 154 g/mol. The van der Waals surface area contributed by atoms with E-state index < -0.39 is 0 Å². The van der Waals surface area contributed by atoms with Gasteiger partial charge in [-0.2, -0.15) is 0 Å². The van der Waals surface area contributed by atoms with Crippen LogP contribution < -0.4 is 0 Å². The van der Waals surface area contributed by atoms with Gasteiger partial charge in [0.05, 0.1) is 7.11 Å². The van der Waals surface area contributed by atoms with E-state index in [-0.39, 0.29) is 0 Å². The molecule has 0 unspecified atom stereocenters. The van der Waals surface area contributed by atoms with Gasteiger partial charge >= 0.3 is 0 Å². The van der Waals surface area contributed by atoms with Crippen LogP contribution in [-0.4, -0.2) is 7.11 Å². The van der Waals surface area contributed by atoms with Gasteiger partial charge in [-0.25, -0.2) is 9.78 Å². The molecule has 0 bridgehead atoms. The summed E-state index contributed by atoms with van der Waals surface area (Å²) in [6.45, 7) is 0.397. The Kier molecular flexibility index (Phi) is 3.61. The Morgan fingerprint density at radius 3 is 2.55 bits per heavy atom. The minimum atomic E-state index is 0.397. The zero-order valence-electron chi connectivity index (χ0n) is 6.32. The van der Waals surface area contributed by atoms with E-state index >= 15 is 0 Å². The molecule has 0 aliphatic rings. The maximum atomic E-state index is 4.65. The first-order valence-electron chi connectivity index (χ1n) is 3.29. The normalized spacial score (nSPS) is 9.91. The summed E-state index contributed by atoms with van der Waals surface area (Å²) in [4.78, 5) is 8.89. The lowest BCUT2D eigenvalue weighted by Crippen LogP contribution is -1.93. The van der Waals surface area contributed by atoms with E-state index in [0.29, 0.717) is 6.61 Å². The van der Waals surface area contributed by atoms with Gasteiger partial charge in [0.15, 0.2) is 0 Å². The molecule has 11 heavy (non-hydrogen) atoms. The van der Waals surface area contributed by atoms with Crippen molar-refractivity contribution < 1.29 is 14.8 Å². The van der Waals surface area contributed by atoms with Gasteiger partial charge in [-0.3, -0.25) is 0 Å². The maximum Gasteiger partial charge on any atom is 0.110 e. The minimum Gasteiger partial charge on any atom is -0.210 e. The molecule has 0 fully saturated rings. The summed E-state index contributed by atoms with van der Waals surface area (Å²) in [5.41, 5.74) is 1.05. The third-order valence-corrected chi connectivity index (χ3v) is 1.18. The molecule has 0 radical (unpaired) electrons. The summed E-state index contributed by atoms with van der Waals surface area (Å²) >= 11 is 0. The second-order valence-corrected chi connectivity index (χ2v) is 1.98. The molecular weight excluding hydrogens is 144 g/mol. The molecule has 1 aromatic rings. The lowest BCUT2D eigenvalue weighted by Gasteiger charge is -1.98. The van der Waals surface area contributed by atoms with E-state index in [4.69, 9.17) is 0 Å². The molecular formula is C8H10O3. The van der Waals surface area contributed by atoms with E-state index in [1.54, 1.807) is 0 Å². The second-order valence-electron chi connectivity index (χ2n) is 1.98. The van der Waals surface area contributed by atoms with Crippen molar-refractivity contribution in [3.8, 4) is 0 Å². The van der Waals surface area contributed by atoms with E-state index in [1.807, 2.05) is 30.3 Å². The van der Waals surface area contributed by atoms with Gasteiger partial charge in [0.25, 0.3) is 0 Å². The fourth-order valence-electron chi connectivity index (χ4n) is 0.714. The first-order chi connectivity index (χ1) is 5.43. The molecule has 60 valence electrons. The predicted octanol–water partition coefficient (Wildman–Crippen LogP) is 1.70. The van der Waals surface area contributed by atoms with E-state index in [0.717, 1.165) is 5.56 Å². The van der Waals surface area contributed by atoms with Crippen LogP contribution in [0.3, 0.4) is 0 Å². The van der Waals surface area contributed by atoms with E-state index in [2.05, 4.69) is 14.8 Å². The highest BCUT2D eigenvalue weighted by Gasteiger charge is 1.90. The second kappa shape index (κ2) is 4.85. The van der Waals surface area contributed by atoms with Crippen molar-refractivity contribution in [3.05, 3.63) is 35.9 Å². The van der Waals surface area contributed by atoms with Gasteiger partial charge < -0.3 is 0 Å². The summed E-state index contributed by atoms with van der Waals surface area (Å²) in [6.07, 6.45) is 0. The van der Waals surface area contributed by atoms with Gasteiger partial charge in [0.2, 0.25) is 0 Å². The van der Waals surface area contributed by atoms with Crippen LogP contribution in [0.15, 0.2) is 30.3 Å². The highest BCUT2D eigenvalue weighted by atomic mass is 17.5. The molecule has 0 N–H and O–H groups in total. The van der Waals surface area contributed by atoms with Crippen LogP contribution in [-0.2, 0) is 21.4 Å². The Morgan fingerprint density at radius 1 is 1.18 bits per heavy atom. The molecule has 0 saturated carbocycles. The number of hydrogen-bond donors (Lipinski definition) is 0. The molecule has 3 nitrogen and oxygen atoms in total. The van der Waals surface area contributed by atoms with Gasteiger partial charge in [-0.05, 0) is 5.56 Å². The largest absolute Gasteiger partial charge is 0.210 e. The van der Waals surface area contributed by atoms with Gasteiger partial charge in [-0.1, -0.05) is 35.4 Å². The fraction of sp³-hybridized carbons (Fsp3) is 0.250. The van der Waals surface area contributed by atoms with Crippen LogP contribution >= 0.6 is 0 Å². The van der Waals surface area contributed by atoms with Crippen LogP contribution in [0.5, 0.6) is 0 Å². The molecule has 0 saturated heterocycles. The first kappa shape index (κ1) is 8.20. The van der Waals surface area contributed by atoms with Crippen molar-refractivity contribution in [2.24, 2.45) is 0 Å². The van der Waals surface area contributed by atoms with Gasteiger partial charge in [-0.15, -0.1) is 0 Å². The SMILES string of the molecule is COOOCc1ccccc1. The van der Waals surface area contributed by atoms with E-state index in [1.165, 1.54) is 7.11 Å². The molecule has 3 heteroatoms. The summed E-state index contributed by atoms with van der Waals surface area (Å²) in [7, 11) is 1.39. The van der Waals surface area contributed by atoms with Gasteiger partial charge in [0.1, 0.15) is 6.61 Å². The zero-order chi connectivity index (χ0) is 7.94. The number of hydrogen-bond acceptors (Lipinski definition) is 3. The Labute approximate surface area is 65.4 Å². The number of rotatable bonds is 4. The van der Waals surface area contributed by atoms with E-state index in [9.17, 15) is 0 Å². The highest BCUT2D eigenvalue weighted by Crippen LogP contribution is 2.00. The maximum absolute atomic E-state index is 4.65. The summed E-state index contributed by atoms with van der Waals surface area (Å²) < 4.78 is 0. The minimum absolute atomic E-state index is 0.397. The van der Waals surface area contributed by atoms with Crippen molar-refractivity contribution in [2.75, 3.05) is 7.11 Å². The highest BCUT2D eigenvalue weighted by molar-refractivity contribution is 5.13. The van der Waals surface area contributed by atoms with Crippen molar-refractivity contribution >= 4 is 0 Å². The Morgan fingerprint density at radius 2 is 1.91 bits per heavy atom. The Hall–Kier alpha value is -0.900. The molecule has 1 aromatic carbocycles. The van der Waals surface area contributed by atoms with Gasteiger partial charge in [0, 0.05) is 0 Å². The average Bonchev–Trinajstić information content (AvgIpc) is 2.07. The molecule has 0 heterocycles. The Balaban J connectivity index is 2.28. The fourth-order valence-corrected chi connectivity index (χ4v) is 0.714. The van der Waals surface area contributed by atoms with Crippen molar-refractivity contribution in [1.29, 1.82) is 0 Å². The van der Waals surface area contributed by atoms with Crippen LogP contribution in [0.25, 0.3) is 0 Å². The molecule has 0 aliphatic heterocycles. The summed E-state index contributed by atoms with van der Waals surface area (Å²) in [6, 6.07) is 9.70. The summed E-state index contributed by atoms with van der Waals surface area (Å²) in [5, 5.41) is 4.24. The van der Waals surface area contributed by atoms with Crippen LogP contribution in [0.1, 0.15) is 5.56 Å². The van der Waals surface area contributed by atoms with Crippen molar-refractivity contribution in [3.63, 3.8) is 0 Å². The molecule has 0 amide bonds. The topological polar surface area (TPSA) is 27.7 Å². The first-order valence-corrected chi connectivity index (χ1v) is 3.29. The standard InChI is InChI=1S/C8H10O3/c1-9-11-10-7-8-5-3-2-4-6-8/h2-6H,7H2,1H3. The zero-order valence-corrected chi connectivity index (χ0v) is 6.32. The quantitative estimate of drug-likeness (QED) is 0.375. The molecule has 0 spiro atoms. The third kappa shape index (κ3) is 3.13. The van der Waals surface area contributed by atoms with Crippen molar-refractivity contribution in [1.82, 2.24) is 0 Å². The lowest BCUT2D eigenvalue weighted by atomic mass is 10.2. The lowest BCUT2D eigenvalue weighted by molar-refractivity contribution is -0.507. The van der Waals surface area contributed by atoms with Crippen molar-refractivity contribution in [2.45, 2.75) is 6.61 Å². The molecule has 1 rings (SSSR count).